The van der Waals surface area contributed by atoms with Gasteiger partial charge in [-0.05, 0) is 49.3 Å². The minimum absolute atomic E-state index is 0.0563. The number of nitrogens with zero attached hydrogens (tertiary/aromatic N) is 1. The summed E-state index contributed by atoms with van der Waals surface area (Å²) in [6, 6.07) is 11.8. The molecule has 1 saturated heterocycles. The van der Waals surface area contributed by atoms with E-state index < -0.39 is 0 Å². The maximum atomic E-state index is 13.1. The Morgan fingerprint density at radius 1 is 1.19 bits per heavy atom. The van der Waals surface area contributed by atoms with Crippen LogP contribution < -0.4 is 15.5 Å². The summed E-state index contributed by atoms with van der Waals surface area (Å²) in [6.07, 6.45) is 4.38. The molecule has 0 unspecified atom stereocenters. The summed E-state index contributed by atoms with van der Waals surface area (Å²) in [5.74, 6) is 0.115. The number of thiophene rings is 1. The van der Waals surface area contributed by atoms with Gasteiger partial charge in [-0.25, -0.2) is 0 Å². The van der Waals surface area contributed by atoms with Crippen LogP contribution in [0.4, 0.5) is 11.4 Å². The first-order chi connectivity index (χ1) is 15.2. The fourth-order valence-electron chi connectivity index (χ4n) is 4.76. The molecule has 3 aliphatic rings. The van der Waals surface area contributed by atoms with Crippen molar-refractivity contribution in [2.24, 2.45) is 0 Å². The molecule has 31 heavy (non-hydrogen) atoms. The number of carbonyl (C=O) groups is 2. The molecule has 2 N–H and O–H groups in total. The van der Waals surface area contributed by atoms with Crippen LogP contribution in [0.25, 0.3) is 0 Å². The Kier molecular flexibility index (Phi) is 5.78. The molecule has 2 atom stereocenters. The fourth-order valence-corrected chi connectivity index (χ4v) is 5.61. The van der Waals surface area contributed by atoms with E-state index in [2.05, 4.69) is 21.6 Å². The molecule has 2 aromatic rings. The van der Waals surface area contributed by atoms with Gasteiger partial charge in [0.1, 0.15) is 0 Å². The van der Waals surface area contributed by atoms with Crippen LogP contribution in [0.3, 0.4) is 0 Å². The molecule has 1 aromatic carbocycles. The van der Waals surface area contributed by atoms with Gasteiger partial charge < -0.3 is 20.3 Å². The van der Waals surface area contributed by atoms with Crippen LogP contribution in [0, 0.1) is 0 Å². The van der Waals surface area contributed by atoms with Crippen LogP contribution in [0.2, 0.25) is 0 Å². The van der Waals surface area contributed by atoms with Gasteiger partial charge in [-0.15, -0.1) is 11.3 Å². The Balaban J connectivity index is 1.51. The normalized spacial score (nSPS) is 23.1. The highest BCUT2D eigenvalue weighted by Crippen LogP contribution is 2.45. The highest BCUT2D eigenvalue weighted by molar-refractivity contribution is 7.10. The lowest BCUT2D eigenvalue weighted by molar-refractivity contribution is -0.120. The average Bonchev–Trinajstić information content (AvgIpc) is 3.46. The topological polar surface area (TPSA) is 70.7 Å². The van der Waals surface area contributed by atoms with Crippen molar-refractivity contribution in [2.45, 2.75) is 44.2 Å². The monoisotopic (exact) mass is 437 g/mol. The second-order valence-electron chi connectivity index (χ2n) is 8.30. The van der Waals surface area contributed by atoms with Crippen LogP contribution in [-0.2, 0) is 14.3 Å². The molecule has 6 nitrogen and oxygen atoms in total. The molecular formula is C24H27N3O3S. The number of anilines is 2. The minimum atomic E-state index is -0.271. The summed E-state index contributed by atoms with van der Waals surface area (Å²) in [6.45, 7) is 1.48. The number of Topliss-reactive ketones (excluding diaryl/α,β-unsaturated/α-hetero) is 1. The van der Waals surface area contributed by atoms with Gasteiger partial charge in [0.2, 0.25) is 5.91 Å². The molecule has 5 rings (SSSR count). The third kappa shape index (κ3) is 4.12. The standard InChI is InChI=1S/C24H27N3O3S/c28-20-10-3-8-18-23(20)24(21-11-5-13-31-21)27(19-9-2-1-7-17(19)26-18)15-22(29)25-14-16-6-4-12-30-16/h1-2,5,7,9,11,13,16,24,26H,3-4,6,8,10,12,14-15H2,(H,25,29)/t16-,24+/m1/s1. The van der Waals surface area contributed by atoms with Crippen molar-refractivity contribution in [2.75, 3.05) is 29.9 Å². The summed E-state index contributed by atoms with van der Waals surface area (Å²) in [5.41, 5.74) is 3.67. The smallest absolute Gasteiger partial charge is 0.239 e. The summed E-state index contributed by atoms with van der Waals surface area (Å²) in [5, 5.41) is 8.61. The number of benzene rings is 1. The number of ketones is 1. The summed E-state index contributed by atoms with van der Waals surface area (Å²) < 4.78 is 5.65. The number of carbonyl (C=O) groups excluding carboxylic acids is 2. The van der Waals surface area contributed by atoms with Gasteiger partial charge in [-0.2, -0.15) is 0 Å². The number of hydrogen-bond acceptors (Lipinski definition) is 6. The van der Waals surface area contributed by atoms with Gasteiger partial charge in [0.15, 0.2) is 5.78 Å². The van der Waals surface area contributed by atoms with E-state index in [-0.39, 0.29) is 30.4 Å². The Morgan fingerprint density at radius 3 is 2.90 bits per heavy atom. The Bertz CT molecular complexity index is 995. The van der Waals surface area contributed by atoms with Crippen molar-refractivity contribution < 1.29 is 14.3 Å². The van der Waals surface area contributed by atoms with E-state index in [1.807, 2.05) is 35.7 Å². The molecule has 0 bridgehead atoms. The summed E-state index contributed by atoms with van der Waals surface area (Å²) >= 11 is 1.63. The number of nitrogens with one attached hydrogen (secondary N) is 2. The number of allylic oxidation sites excluding steroid dienone is 1. The highest BCUT2D eigenvalue weighted by atomic mass is 32.1. The predicted octanol–water partition coefficient (Wildman–Crippen LogP) is 4.02. The van der Waals surface area contributed by atoms with E-state index in [4.69, 9.17) is 4.74 Å². The van der Waals surface area contributed by atoms with Crippen LogP contribution in [0.5, 0.6) is 0 Å². The SMILES string of the molecule is O=C(CN1c2ccccc2NC2=C(C(=O)CCC2)[C@@H]1c1cccs1)NC[C@H]1CCCO1. The van der Waals surface area contributed by atoms with E-state index >= 15 is 0 Å². The van der Waals surface area contributed by atoms with Crippen LogP contribution in [0.1, 0.15) is 43.0 Å². The van der Waals surface area contributed by atoms with Gasteiger partial charge in [0, 0.05) is 35.7 Å². The van der Waals surface area contributed by atoms with Crippen LogP contribution in [-0.4, -0.2) is 37.5 Å². The van der Waals surface area contributed by atoms with E-state index in [1.54, 1.807) is 11.3 Å². The molecule has 1 fully saturated rings. The second-order valence-corrected chi connectivity index (χ2v) is 9.28. The molecule has 162 valence electrons. The molecule has 1 amide bonds. The number of fused-ring (bicyclic) bond motifs is 1. The zero-order chi connectivity index (χ0) is 21.2. The first-order valence-electron chi connectivity index (χ1n) is 11.0. The quantitative estimate of drug-likeness (QED) is 0.739. The molecule has 7 heteroatoms. The molecule has 0 spiro atoms. The van der Waals surface area contributed by atoms with Crippen molar-refractivity contribution in [1.29, 1.82) is 0 Å². The number of amides is 1. The fraction of sp³-hybridized carbons (Fsp3) is 0.417. The lowest BCUT2D eigenvalue weighted by Gasteiger charge is -2.34. The summed E-state index contributed by atoms with van der Waals surface area (Å²) in [7, 11) is 0. The highest BCUT2D eigenvalue weighted by Gasteiger charge is 2.37. The lowest BCUT2D eigenvalue weighted by atomic mass is 9.88. The Morgan fingerprint density at radius 2 is 2.10 bits per heavy atom. The van der Waals surface area contributed by atoms with Crippen molar-refractivity contribution in [3.63, 3.8) is 0 Å². The molecule has 0 radical (unpaired) electrons. The lowest BCUT2D eigenvalue weighted by Crippen LogP contribution is -2.42. The van der Waals surface area contributed by atoms with Crippen molar-refractivity contribution >= 4 is 34.4 Å². The molecule has 2 aliphatic heterocycles. The van der Waals surface area contributed by atoms with E-state index in [0.29, 0.717) is 13.0 Å². The average molecular weight is 438 g/mol. The van der Waals surface area contributed by atoms with Gasteiger partial charge in [-0.1, -0.05) is 18.2 Å². The third-order valence-corrected chi connectivity index (χ3v) is 7.14. The maximum Gasteiger partial charge on any atom is 0.239 e. The maximum absolute atomic E-state index is 13.1. The second kappa shape index (κ2) is 8.85. The first-order valence-corrected chi connectivity index (χ1v) is 11.9. The predicted molar refractivity (Wildman–Crippen MR) is 122 cm³/mol. The zero-order valence-corrected chi connectivity index (χ0v) is 18.2. The van der Waals surface area contributed by atoms with Crippen LogP contribution in [0.15, 0.2) is 53.0 Å². The summed E-state index contributed by atoms with van der Waals surface area (Å²) in [4.78, 5) is 29.3. The number of hydrogen-bond donors (Lipinski definition) is 2. The molecule has 1 aromatic heterocycles. The number of ether oxygens (including phenoxy) is 1. The zero-order valence-electron chi connectivity index (χ0n) is 17.4. The molecule has 0 saturated carbocycles. The van der Waals surface area contributed by atoms with E-state index in [1.165, 1.54) is 0 Å². The Labute approximate surface area is 186 Å². The largest absolute Gasteiger partial charge is 0.376 e. The first kappa shape index (κ1) is 20.3. The Hall–Kier alpha value is -2.64. The van der Waals surface area contributed by atoms with Gasteiger partial charge in [0.05, 0.1) is 30.1 Å². The van der Waals surface area contributed by atoms with E-state index in [9.17, 15) is 9.59 Å². The van der Waals surface area contributed by atoms with E-state index in [0.717, 1.165) is 59.8 Å². The molecule has 3 heterocycles. The van der Waals surface area contributed by atoms with Crippen molar-refractivity contribution in [3.05, 3.63) is 57.9 Å². The molecule has 1 aliphatic carbocycles. The molecular weight excluding hydrogens is 410 g/mol. The number of rotatable bonds is 5. The van der Waals surface area contributed by atoms with Crippen molar-refractivity contribution in [3.8, 4) is 0 Å². The van der Waals surface area contributed by atoms with Gasteiger partial charge in [0.25, 0.3) is 0 Å². The van der Waals surface area contributed by atoms with Gasteiger partial charge >= 0.3 is 0 Å². The van der Waals surface area contributed by atoms with Crippen LogP contribution >= 0.6 is 11.3 Å². The third-order valence-electron chi connectivity index (χ3n) is 6.22. The number of para-hydroxylation sites is 2. The van der Waals surface area contributed by atoms with Crippen molar-refractivity contribution in [1.82, 2.24) is 5.32 Å². The van der Waals surface area contributed by atoms with Gasteiger partial charge in [-0.3, -0.25) is 9.59 Å². The minimum Gasteiger partial charge on any atom is -0.376 e.